The summed E-state index contributed by atoms with van der Waals surface area (Å²) in [4.78, 5) is 44.0. The number of nitrogens with one attached hydrogen (secondary N) is 3. The van der Waals surface area contributed by atoms with E-state index in [1.54, 1.807) is 35.6 Å². The maximum atomic E-state index is 12.2. The molecular formula is C34H38N4O6S. The van der Waals surface area contributed by atoms with Crippen LogP contribution in [-0.2, 0) is 14.4 Å². The molecule has 0 saturated heterocycles. The van der Waals surface area contributed by atoms with Crippen molar-refractivity contribution in [3.8, 4) is 38.1 Å². The lowest BCUT2D eigenvalue weighted by atomic mass is 10.0. The lowest BCUT2D eigenvalue weighted by Gasteiger charge is -2.11. The number of hydrogen-bond acceptors (Lipinski definition) is 7. The maximum Gasteiger partial charge on any atom is 0.306 e. The molecule has 11 heteroatoms. The number of aliphatic hydroxyl groups is 1. The number of amides is 2. The number of carbonyl (C=O) groups excluding carboxylic acids is 2. The van der Waals surface area contributed by atoms with Gasteiger partial charge in [0.05, 0.1) is 28.8 Å². The first-order valence-corrected chi connectivity index (χ1v) is 15.7. The third-order valence-electron chi connectivity index (χ3n) is 6.83. The average Bonchev–Trinajstić information content (AvgIpc) is 3.73. The number of aromatic amines is 1. The van der Waals surface area contributed by atoms with Crippen molar-refractivity contribution in [1.82, 2.24) is 20.6 Å². The molecule has 45 heavy (non-hydrogen) atoms. The molecule has 5 N–H and O–H groups in total. The van der Waals surface area contributed by atoms with Crippen LogP contribution in [0, 0.1) is 0 Å². The number of carboxylic acid groups (broad SMARTS) is 1. The zero-order valence-electron chi connectivity index (χ0n) is 25.1. The van der Waals surface area contributed by atoms with Gasteiger partial charge in [0, 0.05) is 30.9 Å². The summed E-state index contributed by atoms with van der Waals surface area (Å²) in [7, 11) is 0. The summed E-state index contributed by atoms with van der Waals surface area (Å²) in [5, 5.41) is 24.5. The Bertz CT molecular complexity index is 1560. The Morgan fingerprint density at radius 3 is 2.44 bits per heavy atom. The summed E-state index contributed by atoms with van der Waals surface area (Å²) in [6.45, 7) is 2.40. The van der Waals surface area contributed by atoms with Crippen LogP contribution in [0.25, 0.3) is 38.5 Å². The van der Waals surface area contributed by atoms with E-state index in [1.807, 2.05) is 54.7 Å². The number of carboxylic acids is 1. The van der Waals surface area contributed by atoms with Crippen LogP contribution in [0.3, 0.4) is 0 Å². The first kappa shape index (κ1) is 33.2. The molecule has 2 aromatic heterocycles. The number of H-pyrrole nitrogens is 1. The van der Waals surface area contributed by atoms with E-state index >= 15 is 0 Å². The van der Waals surface area contributed by atoms with E-state index in [1.165, 1.54) is 6.42 Å². The fourth-order valence-electron chi connectivity index (χ4n) is 4.44. The molecule has 0 spiro atoms. The number of rotatable bonds is 17. The number of aliphatic hydroxyl groups excluding tert-OH is 1. The van der Waals surface area contributed by atoms with Crippen LogP contribution < -0.4 is 15.4 Å². The largest absolute Gasteiger partial charge is 0.484 e. The van der Waals surface area contributed by atoms with E-state index in [0.29, 0.717) is 12.3 Å². The molecule has 10 nitrogen and oxygen atoms in total. The highest BCUT2D eigenvalue weighted by Gasteiger charge is 2.17. The molecule has 0 aliphatic heterocycles. The normalized spacial score (nSPS) is 11.8. The third kappa shape index (κ3) is 10.4. The molecule has 0 fully saturated rings. The Hall–Kier alpha value is -4.74. The van der Waals surface area contributed by atoms with Crippen molar-refractivity contribution in [1.29, 1.82) is 0 Å². The molecule has 1 atom stereocenters. The predicted molar refractivity (Wildman–Crippen MR) is 176 cm³/mol. The Morgan fingerprint density at radius 2 is 1.76 bits per heavy atom. The number of thiazole rings is 1. The summed E-state index contributed by atoms with van der Waals surface area (Å²) in [5.41, 5.74) is 4.48. The summed E-state index contributed by atoms with van der Waals surface area (Å²) >= 11 is 1.57. The summed E-state index contributed by atoms with van der Waals surface area (Å²) in [5.74, 6) is -1.24. The van der Waals surface area contributed by atoms with E-state index in [4.69, 9.17) is 14.8 Å². The fraction of sp³-hybridized carbons (Fsp3) is 0.294. The van der Waals surface area contributed by atoms with Crippen LogP contribution in [0.1, 0.15) is 44.6 Å². The highest BCUT2D eigenvalue weighted by molar-refractivity contribution is 7.18. The number of nitrogens with zero attached hydrogens (tertiary/aromatic N) is 1. The molecule has 0 bridgehead atoms. The van der Waals surface area contributed by atoms with Crippen molar-refractivity contribution in [3.05, 3.63) is 78.5 Å². The molecule has 0 radical (unpaired) electrons. The molecular weight excluding hydrogens is 592 g/mol. The number of unbranched alkanes of at least 4 members (excludes halogenated alkanes) is 3. The predicted octanol–water partition coefficient (Wildman–Crippen LogP) is 5.51. The van der Waals surface area contributed by atoms with Crippen LogP contribution >= 0.6 is 11.3 Å². The van der Waals surface area contributed by atoms with Gasteiger partial charge in [-0.1, -0.05) is 50.5 Å². The van der Waals surface area contributed by atoms with Crippen LogP contribution in [0.2, 0.25) is 0 Å². The summed E-state index contributed by atoms with van der Waals surface area (Å²) < 4.78 is 5.57. The number of hydrogen-bond donors (Lipinski definition) is 5. The van der Waals surface area contributed by atoms with Crippen molar-refractivity contribution in [2.24, 2.45) is 0 Å². The Labute approximate surface area is 266 Å². The molecule has 2 amide bonds. The lowest BCUT2D eigenvalue weighted by molar-refractivity contribution is -0.139. The van der Waals surface area contributed by atoms with Gasteiger partial charge in [0.15, 0.2) is 6.61 Å². The molecule has 2 aromatic carbocycles. The smallest absolute Gasteiger partial charge is 0.306 e. The zero-order valence-corrected chi connectivity index (χ0v) is 25.9. The summed E-state index contributed by atoms with van der Waals surface area (Å²) in [6, 6.07) is 19.1. The van der Waals surface area contributed by atoms with Crippen molar-refractivity contribution in [2.75, 3.05) is 19.7 Å². The molecule has 236 valence electrons. The minimum absolute atomic E-state index is 0.0986. The lowest BCUT2D eigenvalue weighted by Crippen LogP contribution is -2.36. The first-order valence-electron chi connectivity index (χ1n) is 14.9. The van der Waals surface area contributed by atoms with Gasteiger partial charge in [-0.25, -0.2) is 4.98 Å². The molecule has 4 aromatic rings. The van der Waals surface area contributed by atoms with Gasteiger partial charge in [-0.2, -0.15) is 0 Å². The van der Waals surface area contributed by atoms with Gasteiger partial charge < -0.3 is 30.6 Å². The molecule has 0 saturated carbocycles. The summed E-state index contributed by atoms with van der Waals surface area (Å²) in [6.07, 6.45) is 8.05. The maximum absolute atomic E-state index is 12.2. The standard InChI is InChI=1S/C34H38N4O6S/c1-2-3-4-5-18-36-29(40)17-10-23-8-11-25(12-9-23)33-32(38-34(45-33)28-7-6-19-35-28)24-13-15-27(16-14-24)44-22-30(41)37-21-26(39)20-31(42)43/h6-17,19,26,35,39H,2-5,18,20-22H2,1H3,(H,36,40)(H,37,41)(H,42,43). The van der Waals surface area contributed by atoms with E-state index in [9.17, 15) is 19.5 Å². The molecule has 2 heterocycles. The van der Waals surface area contributed by atoms with Gasteiger partial charge in [0.2, 0.25) is 5.91 Å². The van der Waals surface area contributed by atoms with Crippen LogP contribution in [0.15, 0.2) is 72.9 Å². The van der Waals surface area contributed by atoms with E-state index in [2.05, 4.69) is 22.5 Å². The van der Waals surface area contributed by atoms with Gasteiger partial charge in [0.25, 0.3) is 5.91 Å². The van der Waals surface area contributed by atoms with Gasteiger partial charge in [-0.05, 0) is 60.0 Å². The molecule has 4 rings (SSSR count). The quantitative estimate of drug-likeness (QED) is 0.0761. The van der Waals surface area contributed by atoms with Gasteiger partial charge in [-0.15, -0.1) is 11.3 Å². The number of aliphatic carboxylic acids is 1. The van der Waals surface area contributed by atoms with E-state index in [0.717, 1.165) is 57.2 Å². The van der Waals surface area contributed by atoms with Crippen molar-refractivity contribution in [3.63, 3.8) is 0 Å². The van der Waals surface area contributed by atoms with Gasteiger partial charge in [0.1, 0.15) is 10.8 Å². The number of benzene rings is 2. The van der Waals surface area contributed by atoms with Crippen molar-refractivity contribution >= 4 is 35.2 Å². The van der Waals surface area contributed by atoms with Crippen molar-refractivity contribution in [2.45, 2.75) is 45.1 Å². The number of ether oxygens (including phenoxy) is 1. The zero-order chi connectivity index (χ0) is 32.0. The molecule has 0 aliphatic carbocycles. The van der Waals surface area contributed by atoms with Gasteiger partial charge >= 0.3 is 5.97 Å². The molecule has 1 unspecified atom stereocenters. The Morgan fingerprint density at radius 1 is 1.00 bits per heavy atom. The van der Waals surface area contributed by atoms with Crippen LogP contribution in [-0.4, -0.2) is 63.8 Å². The minimum atomic E-state index is -1.17. The monoisotopic (exact) mass is 630 g/mol. The fourth-order valence-corrected chi connectivity index (χ4v) is 5.53. The highest BCUT2D eigenvalue weighted by atomic mass is 32.1. The topological polar surface area (TPSA) is 154 Å². The van der Waals surface area contributed by atoms with Crippen LogP contribution in [0.4, 0.5) is 0 Å². The second kappa shape index (κ2) is 16.9. The Kier molecular flexibility index (Phi) is 12.5. The highest BCUT2D eigenvalue weighted by Crippen LogP contribution is 2.40. The Balaban J connectivity index is 1.43. The SMILES string of the molecule is CCCCCCNC(=O)C=Cc1ccc(-c2sc(-c3ccc[nH]3)nc2-c2ccc(OCC(=O)NCC(O)CC(=O)O)cc2)cc1. The van der Waals surface area contributed by atoms with Crippen molar-refractivity contribution < 1.29 is 29.3 Å². The first-order chi connectivity index (χ1) is 21.8. The second-order valence-electron chi connectivity index (χ2n) is 10.5. The van der Waals surface area contributed by atoms with Crippen LogP contribution in [0.5, 0.6) is 5.75 Å². The third-order valence-corrected chi connectivity index (χ3v) is 7.97. The van der Waals surface area contributed by atoms with Gasteiger partial charge in [-0.3, -0.25) is 14.4 Å². The van der Waals surface area contributed by atoms with E-state index < -0.39 is 24.4 Å². The average molecular weight is 631 g/mol. The minimum Gasteiger partial charge on any atom is -0.484 e. The molecule has 0 aliphatic rings. The number of aromatic nitrogens is 2. The second-order valence-corrected chi connectivity index (χ2v) is 11.5. The van der Waals surface area contributed by atoms with E-state index in [-0.39, 0.29) is 19.1 Å². The number of carbonyl (C=O) groups is 3.